The molecule has 164 valence electrons. The predicted octanol–water partition coefficient (Wildman–Crippen LogP) is 2.69. The van der Waals surface area contributed by atoms with Gasteiger partial charge in [-0.25, -0.2) is 4.79 Å². The minimum atomic E-state index is -0.922. The monoisotopic (exact) mass is 416 g/mol. The summed E-state index contributed by atoms with van der Waals surface area (Å²) in [4.78, 5) is 37.5. The highest BCUT2D eigenvalue weighted by atomic mass is 16.5. The maximum absolute atomic E-state index is 12.7. The average Bonchev–Trinajstić information content (AvgIpc) is 2.74. The number of amides is 2. The van der Waals surface area contributed by atoms with Crippen LogP contribution < -0.4 is 15.4 Å². The highest BCUT2D eigenvalue weighted by molar-refractivity contribution is 5.99. The largest absolute Gasteiger partial charge is 0.493 e. The number of esters is 1. The zero-order valence-corrected chi connectivity index (χ0v) is 18.4. The predicted molar refractivity (Wildman–Crippen MR) is 115 cm³/mol. The van der Waals surface area contributed by atoms with Crippen molar-refractivity contribution in [2.24, 2.45) is 5.92 Å². The van der Waals surface area contributed by atoms with Crippen molar-refractivity contribution in [3.05, 3.63) is 29.8 Å². The van der Waals surface area contributed by atoms with E-state index in [0.29, 0.717) is 30.8 Å². The molecular formula is C23H32N2O5. The van der Waals surface area contributed by atoms with E-state index in [-0.39, 0.29) is 5.92 Å². The van der Waals surface area contributed by atoms with Gasteiger partial charge in [0.25, 0.3) is 11.8 Å². The van der Waals surface area contributed by atoms with Gasteiger partial charge in [0, 0.05) is 0 Å². The maximum atomic E-state index is 12.7. The molecule has 0 fully saturated rings. The number of rotatable bonds is 11. The third-order valence-electron chi connectivity index (χ3n) is 4.85. The second-order valence-electron chi connectivity index (χ2n) is 7.21. The third-order valence-corrected chi connectivity index (χ3v) is 4.85. The van der Waals surface area contributed by atoms with Crippen LogP contribution in [0, 0.1) is 18.3 Å². The first-order valence-electron chi connectivity index (χ1n) is 10.2. The van der Waals surface area contributed by atoms with E-state index in [0.717, 1.165) is 0 Å². The lowest BCUT2D eigenvalue weighted by Crippen LogP contribution is -2.49. The van der Waals surface area contributed by atoms with Crippen LogP contribution in [0.2, 0.25) is 0 Å². The standard InChI is InChI=1S/C23H32N2O5/c1-7-23(8-2,9-3)25-19(26)15-30-22(28)20(16(5)6)24-21(27)17-13-11-12-14-18(17)29-10-4/h1,11-14,16,20H,8-10,15H2,2-6H3,(H,24,27)(H,25,26)/t20-/m0/s1. The third kappa shape index (κ3) is 6.80. The molecule has 0 heterocycles. The van der Waals surface area contributed by atoms with E-state index in [1.807, 2.05) is 20.8 Å². The van der Waals surface area contributed by atoms with Crippen LogP contribution in [0.5, 0.6) is 5.75 Å². The van der Waals surface area contributed by atoms with Crippen molar-refractivity contribution in [1.29, 1.82) is 0 Å². The Morgan fingerprint density at radius 2 is 1.77 bits per heavy atom. The second-order valence-corrected chi connectivity index (χ2v) is 7.21. The van der Waals surface area contributed by atoms with Crippen LogP contribution in [0.25, 0.3) is 0 Å². The molecule has 7 nitrogen and oxygen atoms in total. The minimum absolute atomic E-state index is 0.250. The number of nitrogens with one attached hydrogen (secondary N) is 2. The molecule has 0 aliphatic rings. The van der Waals surface area contributed by atoms with Gasteiger partial charge in [-0.1, -0.05) is 45.7 Å². The van der Waals surface area contributed by atoms with Gasteiger partial charge in [0.1, 0.15) is 17.3 Å². The molecular weight excluding hydrogens is 384 g/mol. The summed E-state index contributed by atoms with van der Waals surface area (Å²) in [6.45, 7) is 9.05. The molecule has 1 aromatic rings. The summed E-state index contributed by atoms with van der Waals surface area (Å²) < 4.78 is 10.6. The number of hydrogen-bond donors (Lipinski definition) is 2. The van der Waals surface area contributed by atoms with Crippen LogP contribution in [-0.2, 0) is 14.3 Å². The molecule has 0 bridgehead atoms. The van der Waals surface area contributed by atoms with Crippen molar-refractivity contribution < 1.29 is 23.9 Å². The maximum Gasteiger partial charge on any atom is 0.329 e. The fraction of sp³-hybridized carbons (Fsp3) is 0.522. The molecule has 0 spiro atoms. The highest BCUT2D eigenvalue weighted by Gasteiger charge is 2.29. The summed E-state index contributed by atoms with van der Waals surface area (Å²) in [6, 6.07) is 5.85. The van der Waals surface area contributed by atoms with Gasteiger partial charge in [-0.2, -0.15) is 0 Å². The van der Waals surface area contributed by atoms with Gasteiger partial charge in [0.05, 0.1) is 12.2 Å². The molecule has 0 aliphatic carbocycles. The molecule has 0 saturated heterocycles. The molecule has 2 amide bonds. The molecule has 1 rings (SSSR count). The fourth-order valence-electron chi connectivity index (χ4n) is 2.85. The number of para-hydroxylation sites is 1. The number of terminal acetylenes is 1. The van der Waals surface area contributed by atoms with Crippen LogP contribution in [-0.4, -0.2) is 42.6 Å². The lowest BCUT2D eigenvalue weighted by Gasteiger charge is -2.27. The highest BCUT2D eigenvalue weighted by Crippen LogP contribution is 2.19. The first kappa shape index (κ1) is 25.0. The van der Waals surface area contributed by atoms with Crippen molar-refractivity contribution in [3.63, 3.8) is 0 Å². The molecule has 7 heteroatoms. The normalized spacial score (nSPS) is 11.9. The number of carbonyl (C=O) groups is 3. The average molecular weight is 417 g/mol. The number of hydrogen-bond acceptors (Lipinski definition) is 5. The van der Waals surface area contributed by atoms with Crippen molar-refractivity contribution >= 4 is 17.8 Å². The van der Waals surface area contributed by atoms with Gasteiger partial charge in [-0.05, 0) is 37.8 Å². The minimum Gasteiger partial charge on any atom is -0.493 e. The molecule has 0 aromatic heterocycles. The van der Waals surface area contributed by atoms with E-state index < -0.39 is 36.0 Å². The molecule has 30 heavy (non-hydrogen) atoms. The van der Waals surface area contributed by atoms with Gasteiger partial charge >= 0.3 is 5.97 Å². The first-order chi connectivity index (χ1) is 14.2. The van der Waals surface area contributed by atoms with Gasteiger partial charge in [0.15, 0.2) is 6.61 Å². The van der Waals surface area contributed by atoms with E-state index in [2.05, 4.69) is 16.6 Å². The molecule has 0 radical (unpaired) electrons. The Bertz CT molecular complexity index is 778. The molecule has 0 aliphatic heterocycles. The summed E-state index contributed by atoms with van der Waals surface area (Å²) in [7, 11) is 0. The van der Waals surface area contributed by atoms with Crippen LogP contribution in [0.1, 0.15) is 57.8 Å². The van der Waals surface area contributed by atoms with Crippen molar-refractivity contribution in [2.45, 2.75) is 59.0 Å². The Morgan fingerprint density at radius 1 is 1.13 bits per heavy atom. The van der Waals surface area contributed by atoms with E-state index in [1.54, 1.807) is 38.1 Å². The number of carbonyl (C=O) groups excluding carboxylic acids is 3. The zero-order valence-electron chi connectivity index (χ0n) is 18.4. The molecule has 1 aromatic carbocycles. The first-order valence-corrected chi connectivity index (χ1v) is 10.2. The summed E-state index contributed by atoms with van der Waals surface area (Å²) in [5.41, 5.74) is -0.446. The van der Waals surface area contributed by atoms with Crippen LogP contribution >= 0.6 is 0 Å². The second kappa shape index (κ2) is 11.9. The molecule has 0 unspecified atom stereocenters. The zero-order chi connectivity index (χ0) is 22.7. The smallest absolute Gasteiger partial charge is 0.329 e. The van der Waals surface area contributed by atoms with Crippen molar-refractivity contribution in [1.82, 2.24) is 10.6 Å². The lowest BCUT2D eigenvalue weighted by molar-refractivity contribution is -0.151. The van der Waals surface area contributed by atoms with Gasteiger partial charge < -0.3 is 20.1 Å². The summed E-state index contributed by atoms with van der Waals surface area (Å²) in [5.74, 6) is 1.14. The quantitative estimate of drug-likeness (QED) is 0.427. The fourth-order valence-corrected chi connectivity index (χ4v) is 2.85. The summed E-state index contributed by atoms with van der Waals surface area (Å²) >= 11 is 0. The van der Waals surface area contributed by atoms with Gasteiger partial charge in [-0.15, -0.1) is 6.42 Å². The van der Waals surface area contributed by atoms with Crippen LogP contribution in [0.15, 0.2) is 24.3 Å². The Morgan fingerprint density at radius 3 is 2.30 bits per heavy atom. The molecule has 2 N–H and O–H groups in total. The Kier molecular flexibility index (Phi) is 9.90. The topological polar surface area (TPSA) is 93.7 Å². The molecule has 1 atom stereocenters. The van der Waals surface area contributed by atoms with Gasteiger partial charge in [-0.3, -0.25) is 9.59 Å². The van der Waals surface area contributed by atoms with Gasteiger partial charge in [0.2, 0.25) is 0 Å². The van der Waals surface area contributed by atoms with Crippen molar-refractivity contribution in [3.8, 4) is 18.1 Å². The van der Waals surface area contributed by atoms with Crippen molar-refractivity contribution in [2.75, 3.05) is 13.2 Å². The number of benzene rings is 1. The van der Waals surface area contributed by atoms with E-state index >= 15 is 0 Å². The van der Waals surface area contributed by atoms with E-state index in [9.17, 15) is 14.4 Å². The Balaban J connectivity index is 2.79. The van der Waals surface area contributed by atoms with E-state index in [4.69, 9.17) is 15.9 Å². The Labute approximate surface area is 178 Å². The number of ether oxygens (including phenoxy) is 2. The van der Waals surface area contributed by atoms with Crippen LogP contribution in [0.3, 0.4) is 0 Å². The van der Waals surface area contributed by atoms with E-state index in [1.165, 1.54) is 0 Å². The SMILES string of the molecule is C#CC(CC)(CC)NC(=O)COC(=O)[C@@H](NC(=O)c1ccccc1OCC)C(C)C. The van der Waals surface area contributed by atoms with Crippen LogP contribution in [0.4, 0.5) is 0 Å². The Hall–Kier alpha value is -3.01. The molecule has 0 saturated carbocycles. The lowest BCUT2D eigenvalue weighted by atomic mass is 9.94. The summed E-state index contributed by atoms with van der Waals surface area (Å²) in [5, 5.41) is 5.41. The summed E-state index contributed by atoms with van der Waals surface area (Å²) in [6.07, 6.45) is 6.65.